The van der Waals surface area contributed by atoms with E-state index >= 15 is 0 Å². The summed E-state index contributed by atoms with van der Waals surface area (Å²) in [5, 5.41) is 2.97. The number of anilines is 1. The molecule has 0 saturated carbocycles. The first-order valence-electron chi connectivity index (χ1n) is 7.77. The van der Waals surface area contributed by atoms with Crippen LogP contribution in [-0.2, 0) is 31.9 Å². The molecule has 0 radical (unpaired) electrons. The average Bonchev–Trinajstić information content (AvgIpc) is 2.66. The summed E-state index contributed by atoms with van der Waals surface area (Å²) in [6, 6.07) is 13.3. The molecule has 1 aromatic heterocycles. The molecule has 25 heavy (non-hydrogen) atoms. The molecular weight excluding hydrogens is 320 g/mol. The number of carbonyl (C=O) groups excluding carboxylic acids is 2. The summed E-state index contributed by atoms with van der Waals surface area (Å²) in [5.74, 6) is -1.29. The van der Waals surface area contributed by atoms with Crippen LogP contribution in [0.3, 0.4) is 0 Å². The van der Waals surface area contributed by atoms with Gasteiger partial charge in [0.15, 0.2) is 0 Å². The Bertz CT molecular complexity index is 757. The molecule has 0 unspecified atom stereocenters. The Morgan fingerprint density at radius 3 is 2.48 bits per heavy atom. The zero-order chi connectivity index (χ0) is 18.1. The minimum Gasteiger partial charge on any atom is -0.466 e. The van der Waals surface area contributed by atoms with Gasteiger partial charge in [0, 0.05) is 17.6 Å². The zero-order valence-corrected chi connectivity index (χ0v) is 14.2. The van der Waals surface area contributed by atoms with Gasteiger partial charge >= 0.3 is 11.9 Å². The molecule has 1 heterocycles. The van der Waals surface area contributed by atoms with Gasteiger partial charge in [-0.25, -0.2) is 9.59 Å². The van der Waals surface area contributed by atoms with Crippen molar-refractivity contribution >= 4 is 17.6 Å². The van der Waals surface area contributed by atoms with E-state index in [2.05, 4.69) is 15.0 Å². The molecule has 0 aliphatic rings. The second kappa shape index (κ2) is 9.22. The topological polar surface area (TPSA) is 77.5 Å². The van der Waals surface area contributed by atoms with Gasteiger partial charge in [-0.1, -0.05) is 24.3 Å². The molecule has 1 aromatic carbocycles. The first kappa shape index (κ1) is 18.2. The number of benzene rings is 1. The molecular formula is C19H20N2O4. The number of ether oxygens (including phenoxy) is 2. The summed E-state index contributed by atoms with van der Waals surface area (Å²) in [6.07, 6.45) is 4.32. The molecule has 1 N–H and O–H groups in total. The van der Waals surface area contributed by atoms with Crippen LogP contribution in [-0.4, -0.2) is 31.1 Å². The van der Waals surface area contributed by atoms with Gasteiger partial charge in [-0.15, -0.1) is 0 Å². The normalized spacial score (nSPS) is 10.9. The summed E-state index contributed by atoms with van der Waals surface area (Å²) >= 11 is 0. The number of aromatic nitrogens is 1. The number of nitrogens with zero attached hydrogens (tertiary/aromatic N) is 1. The van der Waals surface area contributed by atoms with Crippen LogP contribution in [0.5, 0.6) is 0 Å². The smallest absolute Gasteiger partial charge is 0.354 e. The zero-order valence-electron chi connectivity index (χ0n) is 14.2. The van der Waals surface area contributed by atoms with E-state index in [1.807, 2.05) is 42.5 Å². The summed E-state index contributed by atoms with van der Waals surface area (Å²) in [7, 11) is 2.50. The van der Waals surface area contributed by atoms with Crippen molar-refractivity contribution in [1.82, 2.24) is 4.98 Å². The van der Waals surface area contributed by atoms with Gasteiger partial charge in [0.1, 0.15) is 5.70 Å². The van der Waals surface area contributed by atoms with Gasteiger partial charge in [-0.2, -0.15) is 0 Å². The van der Waals surface area contributed by atoms with E-state index in [-0.39, 0.29) is 5.70 Å². The predicted molar refractivity (Wildman–Crippen MR) is 93.8 cm³/mol. The molecule has 130 valence electrons. The molecule has 0 saturated heterocycles. The SMILES string of the molecule is COC(=O)/C=C(/Nc1ccccc1CCc1ccccn1)C(=O)OC. The van der Waals surface area contributed by atoms with E-state index in [0.29, 0.717) is 0 Å². The van der Waals surface area contributed by atoms with E-state index in [9.17, 15) is 9.59 Å². The largest absolute Gasteiger partial charge is 0.466 e. The first-order valence-corrected chi connectivity index (χ1v) is 7.77. The quantitative estimate of drug-likeness (QED) is 0.616. The first-order chi connectivity index (χ1) is 12.1. The number of carbonyl (C=O) groups is 2. The van der Waals surface area contributed by atoms with Crippen LogP contribution in [0.1, 0.15) is 11.3 Å². The highest BCUT2D eigenvalue weighted by atomic mass is 16.5. The van der Waals surface area contributed by atoms with Crippen LogP contribution in [0.4, 0.5) is 5.69 Å². The van der Waals surface area contributed by atoms with Crippen LogP contribution < -0.4 is 5.32 Å². The van der Waals surface area contributed by atoms with Crippen LogP contribution >= 0.6 is 0 Å². The fourth-order valence-corrected chi connectivity index (χ4v) is 2.25. The number of hydrogen-bond donors (Lipinski definition) is 1. The highest BCUT2D eigenvalue weighted by molar-refractivity contribution is 5.98. The van der Waals surface area contributed by atoms with Gasteiger partial charge in [0.25, 0.3) is 0 Å². The lowest BCUT2D eigenvalue weighted by molar-refractivity contribution is -0.138. The summed E-state index contributed by atoms with van der Waals surface area (Å²) in [5.41, 5.74) is 2.71. The number of para-hydroxylation sites is 1. The molecule has 2 aromatic rings. The molecule has 0 atom stereocenters. The highest BCUT2D eigenvalue weighted by Gasteiger charge is 2.14. The van der Waals surface area contributed by atoms with E-state index in [1.165, 1.54) is 14.2 Å². The van der Waals surface area contributed by atoms with Crippen molar-refractivity contribution < 1.29 is 19.1 Å². The van der Waals surface area contributed by atoms with Crippen LogP contribution in [0.25, 0.3) is 0 Å². The second-order valence-corrected chi connectivity index (χ2v) is 5.18. The van der Waals surface area contributed by atoms with Crippen molar-refractivity contribution in [3.63, 3.8) is 0 Å². The van der Waals surface area contributed by atoms with Crippen LogP contribution in [0.2, 0.25) is 0 Å². The number of aryl methyl sites for hydroxylation is 2. The number of methoxy groups -OCH3 is 2. The van der Waals surface area contributed by atoms with E-state index in [0.717, 1.165) is 35.9 Å². The van der Waals surface area contributed by atoms with Crippen molar-refractivity contribution in [2.45, 2.75) is 12.8 Å². The van der Waals surface area contributed by atoms with Gasteiger partial charge in [-0.05, 0) is 36.6 Å². The molecule has 0 bridgehead atoms. The Labute approximate surface area is 146 Å². The molecule has 6 heteroatoms. The Morgan fingerprint density at radius 2 is 1.80 bits per heavy atom. The van der Waals surface area contributed by atoms with Crippen molar-refractivity contribution in [3.05, 3.63) is 71.7 Å². The monoisotopic (exact) mass is 340 g/mol. The molecule has 6 nitrogen and oxygen atoms in total. The maximum absolute atomic E-state index is 11.9. The Hall–Kier alpha value is -3.15. The number of rotatable bonds is 7. The summed E-state index contributed by atoms with van der Waals surface area (Å²) in [6.45, 7) is 0. The molecule has 2 rings (SSSR count). The molecule has 0 amide bonds. The van der Waals surface area contributed by atoms with Crippen LogP contribution in [0.15, 0.2) is 60.4 Å². The second-order valence-electron chi connectivity index (χ2n) is 5.18. The van der Waals surface area contributed by atoms with E-state index in [1.54, 1.807) is 6.20 Å². The molecule has 0 spiro atoms. The standard InChI is InChI=1S/C19H20N2O4/c1-24-18(22)13-17(19(23)25-2)21-16-9-4-3-7-14(16)10-11-15-8-5-6-12-20-15/h3-9,12-13,21H,10-11H2,1-2H3/b17-13+. The minimum absolute atomic E-state index is 0.0136. The summed E-state index contributed by atoms with van der Waals surface area (Å²) < 4.78 is 9.29. The number of hydrogen-bond acceptors (Lipinski definition) is 6. The number of nitrogens with one attached hydrogen (secondary N) is 1. The fourth-order valence-electron chi connectivity index (χ4n) is 2.25. The minimum atomic E-state index is -0.648. The average molecular weight is 340 g/mol. The summed E-state index contributed by atoms with van der Waals surface area (Å²) in [4.78, 5) is 27.7. The molecule has 0 fully saturated rings. The maximum Gasteiger partial charge on any atom is 0.354 e. The van der Waals surface area contributed by atoms with Gasteiger partial charge < -0.3 is 14.8 Å². The Morgan fingerprint density at radius 1 is 1.04 bits per heavy atom. The van der Waals surface area contributed by atoms with Gasteiger partial charge in [-0.3, -0.25) is 4.98 Å². The Kier molecular flexibility index (Phi) is 6.71. The van der Waals surface area contributed by atoms with E-state index < -0.39 is 11.9 Å². The number of esters is 2. The fraction of sp³-hybridized carbons (Fsp3) is 0.211. The van der Waals surface area contributed by atoms with Gasteiger partial charge in [0.05, 0.1) is 20.3 Å². The third kappa shape index (κ3) is 5.46. The predicted octanol–water partition coefficient (Wildman–Crippen LogP) is 2.51. The van der Waals surface area contributed by atoms with Crippen molar-refractivity contribution in [2.24, 2.45) is 0 Å². The lowest BCUT2D eigenvalue weighted by Crippen LogP contribution is -2.16. The maximum atomic E-state index is 11.9. The molecule has 0 aliphatic carbocycles. The van der Waals surface area contributed by atoms with Gasteiger partial charge in [0.2, 0.25) is 0 Å². The third-order valence-corrected chi connectivity index (χ3v) is 3.53. The number of pyridine rings is 1. The van der Waals surface area contributed by atoms with E-state index in [4.69, 9.17) is 4.74 Å². The lowest BCUT2D eigenvalue weighted by Gasteiger charge is -2.13. The lowest BCUT2D eigenvalue weighted by atomic mass is 10.1. The van der Waals surface area contributed by atoms with Crippen molar-refractivity contribution in [3.8, 4) is 0 Å². The highest BCUT2D eigenvalue weighted by Crippen LogP contribution is 2.19. The van der Waals surface area contributed by atoms with Crippen molar-refractivity contribution in [2.75, 3.05) is 19.5 Å². The molecule has 0 aliphatic heterocycles. The van der Waals surface area contributed by atoms with Crippen molar-refractivity contribution in [1.29, 1.82) is 0 Å². The van der Waals surface area contributed by atoms with Crippen LogP contribution in [0, 0.1) is 0 Å². The Balaban J connectivity index is 2.19. The third-order valence-electron chi connectivity index (χ3n) is 3.53.